The van der Waals surface area contributed by atoms with Crippen molar-refractivity contribution in [2.75, 3.05) is 7.11 Å². The van der Waals surface area contributed by atoms with Gasteiger partial charge in [0.1, 0.15) is 0 Å². The van der Waals surface area contributed by atoms with E-state index in [1.807, 2.05) is 0 Å². The maximum Gasteiger partial charge on any atom is 0.338 e. The van der Waals surface area contributed by atoms with Gasteiger partial charge in [-0.25, -0.2) is 9.90 Å². The quantitative estimate of drug-likeness (QED) is 0.515. The molecular weight excluding hydrogens is 120 g/mol. The minimum atomic E-state index is -1.23. The molecule has 0 N–H and O–H groups in total. The molecule has 0 saturated carbocycles. The normalized spacial score (nSPS) is 13.4. The Morgan fingerprint density at radius 1 is 1.44 bits per heavy atom. The Hall–Kier alpha value is -0.570. The molecule has 0 aromatic rings. The van der Waals surface area contributed by atoms with Crippen LogP contribution in [0.25, 0.3) is 0 Å². The number of esters is 1. The first-order valence-electron chi connectivity index (χ1n) is 2.83. The molecule has 0 aromatic carbocycles. The van der Waals surface area contributed by atoms with Gasteiger partial charge in [0, 0.05) is 0 Å². The molecule has 0 rings (SSSR count). The molecule has 0 amide bonds. The van der Waals surface area contributed by atoms with Crippen molar-refractivity contribution in [3.63, 3.8) is 0 Å². The molecule has 0 aliphatic heterocycles. The zero-order valence-electron chi connectivity index (χ0n) is 5.88. The van der Waals surface area contributed by atoms with Crippen molar-refractivity contribution >= 4 is 5.97 Å². The third kappa shape index (κ3) is 2.46. The summed E-state index contributed by atoms with van der Waals surface area (Å²) in [5, 5.41) is 10.7. The molecule has 0 aliphatic carbocycles. The smallest absolute Gasteiger partial charge is 0.338 e. The second-order valence-corrected chi connectivity index (χ2v) is 2.19. The Labute approximate surface area is 54.6 Å². The predicted octanol–water partition coefficient (Wildman–Crippen LogP) is 0.614. The number of hydrogen-bond donors (Lipinski definition) is 0. The first-order chi connectivity index (χ1) is 4.09. The first-order valence-corrected chi connectivity index (χ1v) is 2.83. The van der Waals surface area contributed by atoms with Gasteiger partial charge in [0.2, 0.25) is 0 Å². The number of hydrogen-bond acceptors (Lipinski definition) is 2. The Morgan fingerprint density at radius 3 is 2.00 bits per heavy atom. The van der Waals surface area contributed by atoms with E-state index in [0.717, 1.165) is 0 Å². The van der Waals surface area contributed by atoms with E-state index in [4.69, 9.17) is 0 Å². The van der Waals surface area contributed by atoms with Crippen molar-refractivity contribution < 1.29 is 14.6 Å². The molecule has 0 spiro atoms. The van der Waals surface area contributed by atoms with Crippen molar-refractivity contribution in [2.45, 2.75) is 20.0 Å². The molecule has 0 fully saturated rings. The Bertz CT molecular complexity index is 98.5. The van der Waals surface area contributed by atoms with E-state index in [1.165, 1.54) is 7.11 Å². The van der Waals surface area contributed by atoms with Crippen LogP contribution >= 0.6 is 0 Å². The van der Waals surface area contributed by atoms with Crippen LogP contribution in [0.4, 0.5) is 0 Å². The standard InChI is InChI=1S/C6H11O3/c1-4(2)5(7)6(8)9-3/h4-5H,1-3H3. The molecule has 0 heterocycles. The highest BCUT2D eigenvalue weighted by atomic mass is 16.5. The predicted molar refractivity (Wildman–Crippen MR) is 31.3 cm³/mol. The fourth-order valence-electron chi connectivity index (χ4n) is 0.388. The number of rotatable bonds is 2. The van der Waals surface area contributed by atoms with Gasteiger partial charge < -0.3 is 4.74 Å². The van der Waals surface area contributed by atoms with Crippen LogP contribution in [0.2, 0.25) is 0 Å². The van der Waals surface area contributed by atoms with E-state index < -0.39 is 12.1 Å². The van der Waals surface area contributed by atoms with Crippen LogP contribution < -0.4 is 0 Å². The summed E-state index contributed by atoms with van der Waals surface area (Å²) in [5.41, 5.74) is 0. The number of carbonyl (C=O) groups is 1. The van der Waals surface area contributed by atoms with Gasteiger partial charge >= 0.3 is 5.97 Å². The van der Waals surface area contributed by atoms with Gasteiger partial charge in [0.05, 0.1) is 7.11 Å². The van der Waals surface area contributed by atoms with Gasteiger partial charge in [0.15, 0.2) is 6.10 Å². The molecule has 3 heteroatoms. The average Bonchev–Trinajstić information content (AvgIpc) is 1.84. The monoisotopic (exact) mass is 131 g/mol. The maximum atomic E-state index is 10.7. The van der Waals surface area contributed by atoms with Crippen LogP contribution in [0.15, 0.2) is 0 Å². The lowest BCUT2D eigenvalue weighted by atomic mass is 10.1. The van der Waals surface area contributed by atoms with Gasteiger partial charge in [-0.1, -0.05) is 13.8 Å². The molecule has 0 aliphatic rings. The summed E-state index contributed by atoms with van der Waals surface area (Å²) in [6.07, 6.45) is -1.23. The van der Waals surface area contributed by atoms with Crippen molar-refractivity contribution in [2.24, 2.45) is 5.92 Å². The SMILES string of the molecule is COC(=O)C([O])C(C)C. The van der Waals surface area contributed by atoms with Crippen LogP contribution in [0.3, 0.4) is 0 Å². The van der Waals surface area contributed by atoms with E-state index in [2.05, 4.69) is 4.74 Å². The van der Waals surface area contributed by atoms with Crippen molar-refractivity contribution in [1.82, 2.24) is 0 Å². The zero-order valence-corrected chi connectivity index (χ0v) is 5.88. The molecular formula is C6H11O3. The van der Waals surface area contributed by atoms with Crippen molar-refractivity contribution in [1.29, 1.82) is 0 Å². The minimum Gasteiger partial charge on any atom is -0.467 e. The Kier molecular flexibility index (Phi) is 3.24. The highest BCUT2D eigenvalue weighted by molar-refractivity contribution is 5.74. The highest BCUT2D eigenvalue weighted by Gasteiger charge is 2.20. The summed E-state index contributed by atoms with van der Waals surface area (Å²) in [6.45, 7) is 3.38. The molecule has 0 aromatic heterocycles. The lowest BCUT2D eigenvalue weighted by Crippen LogP contribution is -2.25. The fourth-order valence-corrected chi connectivity index (χ4v) is 0.388. The largest absolute Gasteiger partial charge is 0.467 e. The van der Waals surface area contributed by atoms with Crippen molar-refractivity contribution in [3.8, 4) is 0 Å². The lowest BCUT2D eigenvalue weighted by molar-refractivity contribution is -0.157. The molecule has 0 saturated heterocycles. The molecule has 53 valence electrons. The van der Waals surface area contributed by atoms with E-state index in [-0.39, 0.29) is 5.92 Å². The third-order valence-corrected chi connectivity index (χ3v) is 1.04. The zero-order chi connectivity index (χ0) is 7.44. The lowest BCUT2D eigenvalue weighted by Gasteiger charge is -2.07. The minimum absolute atomic E-state index is 0.183. The van der Waals surface area contributed by atoms with E-state index in [0.29, 0.717) is 0 Å². The molecule has 1 unspecified atom stereocenters. The second-order valence-electron chi connectivity index (χ2n) is 2.19. The van der Waals surface area contributed by atoms with E-state index >= 15 is 0 Å². The third-order valence-electron chi connectivity index (χ3n) is 1.04. The van der Waals surface area contributed by atoms with Gasteiger partial charge in [-0.3, -0.25) is 0 Å². The summed E-state index contributed by atoms with van der Waals surface area (Å²) < 4.78 is 4.22. The first kappa shape index (κ1) is 8.43. The van der Waals surface area contributed by atoms with Gasteiger partial charge in [0.25, 0.3) is 0 Å². The summed E-state index contributed by atoms with van der Waals surface area (Å²) >= 11 is 0. The van der Waals surface area contributed by atoms with Crippen LogP contribution in [0.1, 0.15) is 13.8 Å². The Balaban J connectivity index is 3.72. The molecule has 3 nitrogen and oxygen atoms in total. The molecule has 0 bridgehead atoms. The van der Waals surface area contributed by atoms with Crippen LogP contribution in [-0.4, -0.2) is 19.2 Å². The molecule has 1 atom stereocenters. The van der Waals surface area contributed by atoms with Crippen LogP contribution in [0, 0.1) is 5.92 Å². The van der Waals surface area contributed by atoms with Crippen LogP contribution in [-0.2, 0) is 14.6 Å². The Morgan fingerprint density at radius 2 is 1.89 bits per heavy atom. The average molecular weight is 131 g/mol. The fraction of sp³-hybridized carbons (Fsp3) is 0.833. The number of carbonyl (C=O) groups excluding carboxylic acids is 1. The van der Waals surface area contributed by atoms with Crippen molar-refractivity contribution in [3.05, 3.63) is 0 Å². The van der Waals surface area contributed by atoms with Crippen LogP contribution in [0.5, 0.6) is 0 Å². The number of ether oxygens (including phenoxy) is 1. The van der Waals surface area contributed by atoms with E-state index in [9.17, 15) is 9.90 Å². The van der Waals surface area contributed by atoms with Gasteiger partial charge in [-0.05, 0) is 5.92 Å². The summed E-state index contributed by atoms with van der Waals surface area (Å²) in [6, 6.07) is 0. The summed E-state index contributed by atoms with van der Waals surface area (Å²) in [5.74, 6) is -0.859. The topological polar surface area (TPSA) is 46.2 Å². The molecule has 1 radical (unpaired) electrons. The summed E-state index contributed by atoms with van der Waals surface area (Å²) in [7, 11) is 1.22. The molecule has 9 heavy (non-hydrogen) atoms. The number of methoxy groups -OCH3 is 1. The van der Waals surface area contributed by atoms with E-state index in [1.54, 1.807) is 13.8 Å². The highest BCUT2D eigenvalue weighted by Crippen LogP contribution is 2.02. The van der Waals surface area contributed by atoms with Gasteiger partial charge in [-0.2, -0.15) is 0 Å². The maximum absolute atomic E-state index is 10.7. The summed E-state index contributed by atoms with van der Waals surface area (Å²) in [4.78, 5) is 10.4. The van der Waals surface area contributed by atoms with Gasteiger partial charge in [-0.15, -0.1) is 0 Å². The second kappa shape index (κ2) is 3.45.